The molecule has 20 heavy (non-hydrogen) atoms. The summed E-state index contributed by atoms with van der Waals surface area (Å²) in [5.41, 5.74) is -0.417. The van der Waals surface area contributed by atoms with Crippen LogP contribution in [0.1, 0.15) is 40.4 Å². The Hall–Kier alpha value is -1.41. The van der Waals surface area contributed by atoms with Gasteiger partial charge in [-0.15, -0.1) is 0 Å². The Kier molecular flexibility index (Phi) is 4.93. The van der Waals surface area contributed by atoms with E-state index in [1.165, 1.54) is 13.1 Å². The number of hydrogen-bond donors (Lipinski definition) is 3. The van der Waals surface area contributed by atoms with Crippen LogP contribution in [0.2, 0.25) is 0 Å². The van der Waals surface area contributed by atoms with Gasteiger partial charge in [0.25, 0.3) is 10.0 Å². The molecule has 1 aromatic heterocycles. The summed E-state index contributed by atoms with van der Waals surface area (Å²) in [6, 6.07) is -0.868. The molecule has 0 radical (unpaired) electrons. The van der Waals surface area contributed by atoms with E-state index in [2.05, 4.69) is 20.0 Å². The molecule has 0 aliphatic heterocycles. The molecule has 0 saturated heterocycles. The van der Waals surface area contributed by atoms with Crippen LogP contribution in [0.3, 0.4) is 0 Å². The fourth-order valence-electron chi connectivity index (χ4n) is 1.49. The van der Waals surface area contributed by atoms with Gasteiger partial charge in [0.2, 0.25) is 5.91 Å². The maximum Gasteiger partial charge on any atom is 0.258 e. The van der Waals surface area contributed by atoms with E-state index >= 15 is 0 Å². The highest BCUT2D eigenvalue weighted by Gasteiger charge is 2.25. The number of hydrogen-bond acceptors (Lipinski definition) is 4. The second kappa shape index (κ2) is 5.92. The molecular formula is C12H22N4O3S. The van der Waals surface area contributed by atoms with E-state index in [1.807, 2.05) is 27.7 Å². The van der Waals surface area contributed by atoms with E-state index in [9.17, 15) is 13.2 Å². The lowest BCUT2D eigenvalue weighted by atomic mass is 10.1. The van der Waals surface area contributed by atoms with Gasteiger partial charge in [0.05, 0.1) is 12.2 Å². The fraction of sp³-hybridized carbons (Fsp3) is 0.667. The number of sulfonamides is 1. The Morgan fingerprint density at radius 1 is 1.45 bits per heavy atom. The molecule has 1 amide bonds. The predicted octanol–water partition coefficient (Wildman–Crippen LogP) is 0.554. The highest BCUT2D eigenvalue weighted by atomic mass is 32.2. The normalized spacial score (nSPS) is 14.1. The maximum absolute atomic E-state index is 12.1. The van der Waals surface area contributed by atoms with E-state index in [0.717, 1.165) is 0 Å². The van der Waals surface area contributed by atoms with Gasteiger partial charge in [-0.3, -0.25) is 4.79 Å². The largest absolute Gasteiger partial charge is 0.350 e. The maximum atomic E-state index is 12.1. The van der Waals surface area contributed by atoms with Crippen LogP contribution in [0.4, 0.5) is 0 Å². The van der Waals surface area contributed by atoms with Crippen molar-refractivity contribution in [3.8, 4) is 0 Å². The van der Waals surface area contributed by atoms with Gasteiger partial charge in [0.1, 0.15) is 5.82 Å². The summed E-state index contributed by atoms with van der Waals surface area (Å²) in [5.74, 6) is 0.202. The van der Waals surface area contributed by atoms with Crippen LogP contribution in [0.5, 0.6) is 0 Å². The van der Waals surface area contributed by atoms with Crippen LogP contribution in [-0.4, -0.2) is 35.9 Å². The topological polar surface area (TPSA) is 104 Å². The molecule has 1 aromatic rings. The number of nitrogens with zero attached hydrogens (tertiary/aromatic N) is 1. The molecule has 0 bridgehead atoms. The highest BCUT2D eigenvalue weighted by molar-refractivity contribution is 7.89. The molecule has 1 atom stereocenters. The summed E-state index contributed by atoms with van der Waals surface area (Å²) in [5, 5.41) is 2.68. The molecule has 0 spiro atoms. The summed E-state index contributed by atoms with van der Waals surface area (Å²) >= 11 is 0. The van der Waals surface area contributed by atoms with Crippen LogP contribution >= 0.6 is 0 Å². The minimum atomic E-state index is -3.78. The standard InChI is InChI=1S/C12H22N4O3S/c1-6-9-13-7-10(14-9)20(18,19)16-8(2)11(17)15-12(3,4)5/h7-8,16H,6H2,1-5H3,(H,13,14)(H,15,17). The second-order valence-electron chi connectivity index (χ2n) is 5.63. The van der Waals surface area contributed by atoms with Crippen molar-refractivity contribution in [2.24, 2.45) is 0 Å². The molecule has 8 heteroatoms. The third kappa shape index (κ3) is 4.61. The van der Waals surface area contributed by atoms with Crippen LogP contribution in [-0.2, 0) is 21.2 Å². The first-order valence-electron chi connectivity index (χ1n) is 6.43. The SMILES string of the molecule is CCc1ncc(S(=O)(=O)NC(C)C(=O)NC(C)(C)C)[nH]1. The van der Waals surface area contributed by atoms with E-state index in [0.29, 0.717) is 12.2 Å². The van der Waals surface area contributed by atoms with Crippen molar-refractivity contribution >= 4 is 15.9 Å². The van der Waals surface area contributed by atoms with Gasteiger partial charge < -0.3 is 10.3 Å². The summed E-state index contributed by atoms with van der Waals surface area (Å²) < 4.78 is 26.5. The molecule has 114 valence electrons. The average molecular weight is 302 g/mol. The van der Waals surface area contributed by atoms with Crippen LogP contribution in [0.25, 0.3) is 0 Å². The number of rotatable bonds is 5. The van der Waals surface area contributed by atoms with Gasteiger partial charge in [-0.05, 0) is 27.7 Å². The first-order valence-corrected chi connectivity index (χ1v) is 7.91. The van der Waals surface area contributed by atoms with Gasteiger partial charge >= 0.3 is 0 Å². The number of imidazole rings is 1. The number of carbonyl (C=O) groups is 1. The van der Waals surface area contributed by atoms with Gasteiger partial charge in [0, 0.05) is 12.0 Å². The number of amides is 1. The smallest absolute Gasteiger partial charge is 0.258 e. The molecule has 0 aliphatic carbocycles. The van der Waals surface area contributed by atoms with Crippen molar-refractivity contribution in [1.29, 1.82) is 0 Å². The Balaban J connectivity index is 2.78. The quantitative estimate of drug-likeness (QED) is 0.739. The lowest BCUT2D eigenvalue weighted by molar-refractivity contribution is -0.123. The molecule has 7 nitrogen and oxygen atoms in total. The second-order valence-corrected chi connectivity index (χ2v) is 7.31. The van der Waals surface area contributed by atoms with E-state index < -0.39 is 21.6 Å². The number of aryl methyl sites for hydroxylation is 1. The number of aromatic nitrogens is 2. The van der Waals surface area contributed by atoms with Crippen LogP contribution in [0.15, 0.2) is 11.2 Å². The molecule has 0 fully saturated rings. The lowest BCUT2D eigenvalue weighted by Crippen LogP contribution is -2.50. The van der Waals surface area contributed by atoms with Gasteiger partial charge in [-0.1, -0.05) is 6.92 Å². The minimum Gasteiger partial charge on any atom is -0.350 e. The monoisotopic (exact) mass is 302 g/mol. The summed E-state index contributed by atoms with van der Waals surface area (Å²) in [7, 11) is -3.78. The zero-order valence-electron chi connectivity index (χ0n) is 12.4. The van der Waals surface area contributed by atoms with E-state index in [1.54, 1.807) is 0 Å². The zero-order chi connectivity index (χ0) is 15.6. The van der Waals surface area contributed by atoms with E-state index in [4.69, 9.17) is 0 Å². The number of H-pyrrole nitrogens is 1. The molecule has 0 aliphatic rings. The fourth-order valence-corrected chi connectivity index (χ4v) is 2.63. The van der Waals surface area contributed by atoms with Crippen molar-refractivity contribution in [3.63, 3.8) is 0 Å². The lowest BCUT2D eigenvalue weighted by Gasteiger charge is -2.23. The van der Waals surface area contributed by atoms with Crippen molar-refractivity contribution in [2.75, 3.05) is 0 Å². The van der Waals surface area contributed by atoms with Gasteiger partial charge in [-0.2, -0.15) is 4.72 Å². The number of aromatic amines is 1. The third-order valence-electron chi connectivity index (χ3n) is 2.45. The van der Waals surface area contributed by atoms with Crippen molar-refractivity contribution in [3.05, 3.63) is 12.0 Å². The zero-order valence-corrected chi connectivity index (χ0v) is 13.3. The van der Waals surface area contributed by atoms with Crippen molar-refractivity contribution in [1.82, 2.24) is 20.0 Å². The van der Waals surface area contributed by atoms with Crippen LogP contribution < -0.4 is 10.0 Å². The molecule has 0 aromatic carbocycles. The molecule has 1 unspecified atom stereocenters. The average Bonchev–Trinajstić information content (AvgIpc) is 2.75. The Morgan fingerprint density at radius 2 is 2.05 bits per heavy atom. The summed E-state index contributed by atoms with van der Waals surface area (Å²) in [6.45, 7) is 8.84. The Bertz CT molecular complexity index is 572. The number of carbonyl (C=O) groups excluding carboxylic acids is 1. The first kappa shape index (κ1) is 16.6. The van der Waals surface area contributed by atoms with Gasteiger partial charge in [-0.25, -0.2) is 13.4 Å². The van der Waals surface area contributed by atoms with Gasteiger partial charge in [0.15, 0.2) is 5.03 Å². The Morgan fingerprint density at radius 3 is 2.50 bits per heavy atom. The molecular weight excluding hydrogens is 280 g/mol. The number of nitrogens with one attached hydrogen (secondary N) is 3. The first-order chi connectivity index (χ1) is 9.05. The predicted molar refractivity (Wildman–Crippen MR) is 75.6 cm³/mol. The minimum absolute atomic E-state index is 0.0373. The summed E-state index contributed by atoms with van der Waals surface area (Å²) in [4.78, 5) is 18.5. The molecule has 1 rings (SSSR count). The molecule has 3 N–H and O–H groups in total. The third-order valence-corrected chi connectivity index (χ3v) is 3.90. The Labute approximate surface area is 119 Å². The summed E-state index contributed by atoms with van der Waals surface area (Å²) in [6.07, 6.45) is 1.85. The van der Waals surface area contributed by atoms with E-state index in [-0.39, 0.29) is 10.9 Å². The highest BCUT2D eigenvalue weighted by Crippen LogP contribution is 2.07. The van der Waals surface area contributed by atoms with Crippen molar-refractivity contribution in [2.45, 2.75) is 57.6 Å². The van der Waals surface area contributed by atoms with Crippen molar-refractivity contribution < 1.29 is 13.2 Å². The molecule has 0 saturated carbocycles. The molecule has 1 heterocycles. The van der Waals surface area contributed by atoms with Crippen LogP contribution in [0, 0.1) is 0 Å².